The Morgan fingerprint density at radius 3 is 2.48 bits per heavy atom. The predicted octanol–water partition coefficient (Wildman–Crippen LogP) is 4.37. The molecule has 1 aromatic heterocycles. The van der Waals surface area contributed by atoms with Gasteiger partial charge in [0, 0.05) is 11.1 Å². The highest BCUT2D eigenvalue weighted by Crippen LogP contribution is 2.27. The number of aromatic nitrogens is 2. The largest absolute Gasteiger partial charge is 0.411 e. The third kappa shape index (κ3) is 4.62. The van der Waals surface area contributed by atoms with E-state index in [1.165, 1.54) is 18.7 Å². The molecule has 0 aliphatic heterocycles. The summed E-state index contributed by atoms with van der Waals surface area (Å²) in [7, 11) is 0. The SMILES string of the molecule is CC(=O)c1ccccc1NC(=O)[C@@H](C)Sc1nnc(-c2ccc(C)cc2)o1. The van der Waals surface area contributed by atoms with E-state index in [4.69, 9.17) is 4.42 Å². The number of nitrogens with zero attached hydrogens (tertiary/aromatic N) is 2. The molecule has 1 heterocycles. The molecule has 0 radical (unpaired) electrons. The van der Waals surface area contributed by atoms with Crippen molar-refractivity contribution in [3.05, 3.63) is 59.7 Å². The van der Waals surface area contributed by atoms with Crippen molar-refractivity contribution in [1.29, 1.82) is 0 Å². The zero-order valence-electron chi connectivity index (χ0n) is 15.2. The minimum atomic E-state index is -0.476. The Kier molecular flexibility index (Phi) is 5.71. The third-order valence-corrected chi connectivity index (χ3v) is 4.85. The lowest BCUT2D eigenvalue weighted by Crippen LogP contribution is -2.23. The molecule has 0 bridgehead atoms. The van der Waals surface area contributed by atoms with Gasteiger partial charge in [-0.05, 0) is 45.0 Å². The number of rotatable bonds is 6. The van der Waals surface area contributed by atoms with Crippen LogP contribution in [0, 0.1) is 6.92 Å². The average molecular weight is 381 g/mol. The molecule has 2 aromatic carbocycles. The molecule has 0 unspecified atom stereocenters. The van der Waals surface area contributed by atoms with Gasteiger partial charge in [-0.2, -0.15) is 0 Å². The van der Waals surface area contributed by atoms with Gasteiger partial charge in [0.25, 0.3) is 5.22 Å². The molecule has 3 aromatic rings. The zero-order chi connectivity index (χ0) is 19.4. The van der Waals surface area contributed by atoms with Gasteiger partial charge >= 0.3 is 0 Å². The molecule has 0 aliphatic rings. The second-order valence-corrected chi connectivity index (χ2v) is 7.38. The Morgan fingerprint density at radius 2 is 1.78 bits per heavy atom. The fraction of sp³-hybridized carbons (Fsp3) is 0.200. The van der Waals surface area contributed by atoms with Gasteiger partial charge in [-0.1, -0.05) is 41.6 Å². The highest BCUT2D eigenvalue weighted by atomic mass is 32.2. The molecular weight excluding hydrogens is 362 g/mol. The normalized spacial score (nSPS) is 11.8. The summed E-state index contributed by atoms with van der Waals surface area (Å²) in [6.45, 7) is 5.21. The van der Waals surface area contributed by atoms with Crippen molar-refractivity contribution in [3.63, 3.8) is 0 Å². The van der Waals surface area contributed by atoms with Crippen molar-refractivity contribution in [3.8, 4) is 11.5 Å². The third-order valence-electron chi connectivity index (χ3n) is 3.92. The van der Waals surface area contributed by atoms with Crippen LogP contribution in [0.4, 0.5) is 5.69 Å². The number of ketones is 1. The molecule has 0 saturated carbocycles. The van der Waals surface area contributed by atoms with Crippen LogP contribution in [0.15, 0.2) is 58.2 Å². The van der Waals surface area contributed by atoms with Crippen LogP contribution in [0.5, 0.6) is 0 Å². The smallest absolute Gasteiger partial charge is 0.277 e. The van der Waals surface area contributed by atoms with Gasteiger partial charge in [0.2, 0.25) is 11.8 Å². The Hall–Kier alpha value is -2.93. The zero-order valence-corrected chi connectivity index (χ0v) is 16.0. The molecule has 6 nitrogen and oxygen atoms in total. The molecule has 1 amide bonds. The molecule has 27 heavy (non-hydrogen) atoms. The topological polar surface area (TPSA) is 85.1 Å². The van der Waals surface area contributed by atoms with Crippen molar-refractivity contribution in [2.75, 3.05) is 5.32 Å². The molecule has 1 N–H and O–H groups in total. The van der Waals surface area contributed by atoms with Gasteiger partial charge in [-0.15, -0.1) is 10.2 Å². The number of aryl methyl sites for hydroxylation is 1. The number of nitrogens with one attached hydrogen (secondary N) is 1. The molecule has 0 aliphatic carbocycles. The fourth-order valence-electron chi connectivity index (χ4n) is 2.41. The summed E-state index contributed by atoms with van der Waals surface area (Å²) in [4.78, 5) is 24.2. The number of hydrogen-bond donors (Lipinski definition) is 1. The van der Waals surface area contributed by atoms with Crippen LogP contribution < -0.4 is 5.32 Å². The second kappa shape index (κ2) is 8.18. The molecule has 138 valence electrons. The van der Waals surface area contributed by atoms with Crippen LogP contribution >= 0.6 is 11.8 Å². The van der Waals surface area contributed by atoms with Crippen LogP contribution in [-0.4, -0.2) is 27.1 Å². The standard InChI is InChI=1S/C20H19N3O3S/c1-12-8-10-15(11-9-12)19-22-23-20(26-19)27-14(3)18(25)21-17-7-5-4-6-16(17)13(2)24/h4-11,14H,1-3H3,(H,21,25)/t14-/m1/s1. The molecule has 0 saturated heterocycles. The summed E-state index contributed by atoms with van der Waals surface area (Å²) >= 11 is 1.17. The first kappa shape index (κ1) is 18.8. The number of carbonyl (C=O) groups is 2. The highest BCUT2D eigenvalue weighted by molar-refractivity contribution is 8.00. The molecule has 3 rings (SSSR count). The van der Waals surface area contributed by atoms with Gasteiger partial charge in [-0.3, -0.25) is 9.59 Å². The summed E-state index contributed by atoms with van der Waals surface area (Å²) < 4.78 is 5.65. The van der Waals surface area contributed by atoms with Crippen molar-refractivity contribution >= 4 is 29.1 Å². The number of thioether (sulfide) groups is 1. The molecule has 0 spiro atoms. The number of benzene rings is 2. The van der Waals surface area contributed by atoms with E-state index >= 15 is 0 Å². The molecule has 7 heteroatoms. The van der Waals surface area contributed by atoms with Gasteiger partial charge in [-0.25, -0.2) is 0 Å². The van der Waals surface area contributed by atoms with Crippen LogP contribution in [0.25, 0.3) is 11.5 Å². The molecular formula is C20H19N3O3S. The minimum absolute atomic E-state index is 0.106. The monoisotopic (exact) mass is 381 g/mol. The number of anilines is 1. The maximum absolute atomic E-state index is 12.5. The van der Waals surface area contributed by atoms with Gasteiger partial charge in [0.05, 0.1) is 10.9 Å². The van der Waals surface area contributed by atoms with Crippen LogP contribution in [0.1, 0.15) is 29.8 Å². The summed E-state index contributed by atoms with van der Waals surface area (Å²) in [6.07, 6.45) is 0. The van der Waals surface area contributed by atoms with Crippen molar-refractivity contribution in [1.82, 2.24) is 10.2 Å². The summed E-state index contributed by atoms with van der Waals surface area (Å²) in [5, 5.41) is 10.7. The minimum Gasteiger partial charge on any atom is -0.411 e. The van der Waals surface area contributed by atoms with E-state index in [1.807, 2.05) is 31.2 Å². The first-order valence-corrected chi connectivity index (χ1v) is 9.30. The fourth-order valence-corrected chi connectivity index (χ4v) is 3.09. The first-order chi connectivity index (χ1) is 12.9. The second-order valence-electron chi connectivity index (χ2n) is 6.09. The quantitative estimate of drug-likeness (QED) is 0.504. The highest BCUT2D eigenvalue weighted by Gasteiger charge is 2.20. The number of hydrogen-bond acceptors (Lipinski definition) is 6. The lowest BCUT2D eigenvalue weighted by molar-refractivity contribution is -0.115. The molecule has 1 atom stereocenters. The van der Waals surface area contributed by atoms with Gasteiger partial charge in [0.15, 0.2) is 5.78 Å². The maximum atomic E-state index is 12.5. The maximum Gasteiger partial charge on any atom is 0.277 e. The van der Waals surface area contributed by atoms with E-state index in [0.29, 0.717) is 22.4 Å². The number of Topliss-reactive ketones (excluding diaryl/α,β-unsaturated/α-hetero) is 1. The van der Waals surface area contributed by atoms with E-state index in [0.717, 1.165) is 11.1 Å². The van der Waals surface area contributed by atoms with E-state index in [-0.39, 0.29) is 11.7 Å². The van der Waals surface area contributed by atoms with E-state index in [2.05, 4.69) is 15.5 Å². The van der Waals surface area contributed by atoms with Crippen molar-refractivity contribution in [2.24, 2.45) is 0 Å². The summed E-state index contributed by atoms with van der Waals surface area (Å²) in [6, 6.07) is 14.7. The van der Waals surface area contributed by atoms with E-state index in [9.17, 15) is 9.59 Å². The van der Waals surface area contributed by atoms with Crippen LogP contribution in [-0.2, 0) is 4.79 Å². The summed E-state index contributed by atoms with van der Waals surface area (Å²) in [5.41, 5.74) is 2.94. The Morgan fingerprint density at radius 1 is 1.07 bits per heavy atom. The lowest BCUT2D eigenvalue weighted by atomic mass is 10.1. The van der Waals surface area contributed by atoms with Crippen LogP contribution in [0.3, 0.4) is 0 Å². The first-order valence-electron chi connectivity index (χ1n) is 8.42. The Balaban J connectivity index is 1.67. The predicted molar refractivity (Wildman–Crippen MR) is 105 cm³/mol. The number of amides is 1. The Bertz CT molecular complexity index is 967. The average Bonchev–Trinajstić information content (AvgIpc) is 3.11. The van der Waals surface area contributed by atoms with Gasteiger partial charge < -0.3 is 9.73 Å². The van der Waals surface area contributed by atoms with E-state index in [1.54, 1.807) is 31.2 Å². The number of para-hydroxylation sites is 1. The Labute approximate surface area is 161 Å². The van der Waals surface area contributed by atoms with Gasteiger partial charge in [0.1, 0.15) is 0 Å². The van der Waals surface area contributed by atoms with E-state index < -0.39 is 5.25 Å². The lowest BCUT2D eigenvalue weighted by Gasteiger charge is -2.12. The van der Waals surface area contributed by atoms with Crippen molar-refractivity contribution < 1.29 is 14.0 Å². The van der Waals surface area contributed by atoms with Crippen molar-refractivity contribution in [2.45, 2.75) is 31.2 Å². The summed E-state index contributed by atoms with van der Waals surface area (Å²) in [5.74, 6) is 0.0571. The van der Waals surface area contributed by atoms with Crippen LogP contribution in [0.2, 0.25) is 0 Å². The molecule has 0 fully saturated rings. The number of carbonyl (C=O) groups excluding carboxylic acids is 2.